The number of nitrogens with two attached hydrogens (primary N) is 1. The molecule has 112 valence electrons. The highest BCUT2D eigenvalue weighted by Crippen LogP contribution is 2.34. The van der Waals surface area contributed by atoms with Crippen LogP contribution in [0.4, 0.5) is 10.7 Å². The maximum absolute atomic E-state index is 12.1. The van der Waals surface area contributed by atoms with Crippen molar-refractivity contribution < 1.29 is 4.79 Å². The molecule has 1 aromatic heterocycles. The Labute approximate surface area is 125 Å². The molecule has 1 aliphatic rings. The lowest BCUT2D eigenvalue weighted by Crippen LogP contribution is -2.46. The highest BCUT2D eigenvalue weighted by atomic mass is 32.1. The third-order valence-electron chi connectivity index (χ3n) is 3.72. The van der Waals surface area contributed by atoms with E-state index in [2.05, 4.69) is 16.7 Å². The predicted molar refractivity (Wildman–Crippen MR) is 86.8 cm³/mol. The Morgan fingerprint density at radius 3 is 2.55 bits per heavy atom. The minimum atomic E-state index is 0.00482. The van der Waals surface area contributed by atoms with E-state index in [0.717, 1.165) is 36.1 Å². The van der Waals surface area contributed by atoms with Gasteiger partial charge in [0.05, 0.1) is 15.6 Å². The number of rotatable bonds is 5. The zero-order valence-corrected chi connectivity index (χ0v) is 13.5. The van der Waals surface area contributed by atoms with E-state index in [9.17, 15) is 4.79 Å². The van der Waals surface area contributed by atoms with Gasteiger partial charge in [-0.2, -0.15) is 0 Å². The third-order valence-corrected chi connectivity index (χ3v) is 4.95. The topological polar surface area (TPSA) is 49.6 Å². The molecule has 0 atom stereocenters. The Kier molecular flexibility index (Phi) is 5.05. The average Bonchev–Trinajstić information content (AvgIpc) is 2.81. The summed E-state index contributed by atoms with van der Waals surface area (Å²) in [7, 11) is 0. The fourth-order valence-electron chi connectivity index (χ4n) is 2.51. The van der Waals surface area contributed by atoms with E-state index < -0.39 is 0 Å². The van der Waals surface area contributed by atoms with Crippen molar-refractivity contribution in [3.8, 4) is 0 Å². The van der Waals surface area contributed by atoms with E-state index in [0.29, 0.717) is 5.69 Å². The van der Waals surface area contributed by atoms with Crippen LogP contribution in [0.3, 0.4) is 0 Å². The molecule has 0 saturated carbocycles. The average molecular weight is 295 g/mol. The molecule has 0 radical (unpaired) electrons. The number of Topliss-reactive ketones (excluding diaryl/α,β-unsaturated/α-hetero) is 1. The number of ketones is 1. The molecule has 20 heavy (non-hydrogen) atoms. The van der Waals surface area contributed by atoms with Gasteiger partial charge >= 0.3 is 0 Å². The van der Waals surface area contributed by atoms with Crippen LogP contribution in [0, 0.1) is 5.92 Å². The predicted octanol–water partition coefficient (Wildman–Crippen LogP) is 2.70. The first kappa shape index (κ1) is 15.3. The van der Waals surface area contributed by atoms with Gasteiger partial charge in [-0.15, -0.1) is 11.3 Å². The number of nitrogens with zero attached hydrogens (tertiary/aromatic N) is 2. The van der Waals surface area contributed by atoms with E-state index >= 15 is 0 Å². The first-order chi connectivity index (χ1) is 9.52. The van der Waals surface area contributed by atoms with Crippen molar-refractivity contribution in [2.24, 2.45) is 5.92 Å². The maximum Gasteiger partial charge on any atom is 0.177 e. The van der Waals surface area contributed by atoms with Crippen LogP contribution in [0.1, 0.15) is 36.9 Å². The third kappa shape index (κ3) is 3.33. The second kappa shape index (κ2) is 6.59. The highest BCUT2D eigenvalue weighted by Gasteiger charge is 2.22. The molecule has 1 aromatic rings. The molecule has 0 amide bonds. The van der Waals surface area contributed by atoms with Gasteiger partial charge in [-0.05, 0) is 19.0 Å². The molecule has 1 fully saturated rings. The second-order valence-corrected chi connectivity index (χ2v) is 6.75. The number of anilines is 2. The number of carbonyl (C=O) groups excluding carboxylic acids is 1. The van der Waals surface area contributed by atoms with Crippen molar-refractivity contribution in [1.82, 2.24) is 4.90 Å². The van der Waals surface area contributed by atoms with Crippen LogP contribution >= 0.6 is 11.3 Å². The molecule has 0 spiro atoms. The molecule has 0 aliphatic carbocycles. The fraction of sp³-hybridized carbons (Fsp3) is 0.667. The number of nitrogen functional groups attached to an aromatic ring is 1. The molecule has 2 heterocycles. The van der Waals surface area contributed by atoms with Gasteiger partial charge in [-0.25, -0.2) is 0 Å². The molecule has 2 N–H and O–H groups in total. The summed E-state index contributed by atoms with van der Waals surface area (Å²) >= 11 is 1.55. The van der Waals surface area contributed by atoms with E-state index in [-0.39, 0.29) is 11.7 Å². The molecule has 2 rings (SSSR count). The van der Waals surface area contributed by atoms with Gasteiger partial charge < -0.3 is 10.6 Å². The summed E-state index contributed by atoms with van der Waals surface area (Å²) in [5, 5.41) is 1.14. The molecule has 0 aromatic carbocycles. The lowest BCUT2D eigenvalue weighted by atomic mass is 10.1. The lowest BCUT2D eigenvalue weighted by Gasteiger charge is -2.35. The van der Waals surface area contributed by atoms with E-state index in [4.69, 9.17) is 5.73 Å². The standard InChI is InChI=1S/C15H25N3OS/c1-4-5-17-6-8-18(9-7-17)13-10-12(16)15(20-13)14(19)11(2)3/h10-11H,4-9,16H2,1-3H3. The number of hydrogen-bond acceptors (Lipinski definition) is 5. The van der Waals surface area contributed by atoms with Crippen LogP contribution in [0.25, 0.3) is 0 Å². The number of carbonyl (C=O) groups is 1. The first-order valence-corrected chi connectivity index (χ1v) is 8.25. The lowest BCUT2D eigenvalue weighted by molar-refractivity contribution is 0.0944. The Hall–Kier alpha value is -1.07. The number of piperazine rings is 1. The van der Waals surface area contributed by atoms with Crippen molar-refractivity contribution in [3.63, 3.8) is 0 Å². The molecule has 0 unspecified atom stereocenters. The summed E-state index contributed by atoms with van der Waals surface area (Å²) in [6.45, 7) is 11.5. The van der Waals surface area contributed by atoms with Gasteiger partial charge in [0.15, 0.2) is 5.78 Å². The van der Waals surface area contributed by atoms with Gasteiger partial charge in [-0.3, -0.25) is 9.69 Å². The van der Waals surface area contributed by atoms with Gasteiger partial charge in [0, 0.05) is 32.1 Å². The Balaban J connectivity index is 2.04. The van der Waals surface area contributed by atoms with Crippen molar-refractivity contribution in [3.05, 3.63) is 10.9 Å². The molecule has 5 heteroatoms. The van der Waals surface area contributed by atoms with Crippen molar-refractivity contribution in [2.75, 3.05) is 43.4 Å². The zero-order chi connectivity index (χ0) is 14.7. The largest absolute Gasteiger partial charge is 0.397 e. The monoisotopic (exact) mass is 295 g/mol. The Morgan fingerprint density at radius 2 is 2.00 bits per heavy atom. The minimum absolute atomic E-state index is 0.00482. The van der Waals surface area contributed by atoms with Crippen LogP contribution in [0.5, 0.6) is 0 Å². The summed E-state index contributed by atoms with van der Waals surface area (Å²) in [5.74, 6) is 0.161. The van der Waals surface area contributed by atoms with Gasteiger partial charge in [0.1, 0.15) is 0 Å². The molecular weight excluding hydrogens is 270 g/mol. The summed E-state index contributed by atoms with van der Waals surface area (Å²) < 4.78 is 0. The minimum Gasteiger partial charge on any atom is -0.397 e. The van der Waals surface area contributed by atoms with Crippen LogP contribution in [0.2, 0.25) is 0 Å². The highest BCUT2D eigenvalue weighted by molar-refractivity contribution is 7.18. The summed E-state index contributed by atoms with van der Waals surface area (Å²) in [6, 6.07) is 1.97. The second-order valence-electron chi connectivity index (χ2n) is 5.72. The van der Waals surface area contributed by atoms with Gasteiger partial charge in [0.2, 0.25) is 0 Å². The first-order valence-electron chi connectivity index (χ1n) is 7.43. The fourth-order valence-corrected chi connectivity index (χ4v) is 3.73. The quantitative estimate of drug-likeness (QED) is 0.849. The smallest absolute Gasteiger partial charge is 0.177 e. The Bertz CT molecular complexity index is 462. The van der Waals surface area contributed by atoms with Crippen LogP contribution in [-0.2, 0) is 0 Å². The van der Waals surface area contributed by atoms with Crippen molar-refractivity contribution in [1.29, 1.82) is 0 Å². The van der Waals surface area contributed by atoms with E-state index in [1.54, 1.807) is 11.3 Å². The van der Waals surface area contributed by atoms with E-state index in [1.807, 2.05) is 19.9 Å². The van der Waals surface area contributed by atoms with Crippen LogP contribution < -0.4 is 10.6 Å². The summed E-state index contributed by atoms with van der Waals surface area (Å²) in [5.41, 5.74) is 6.65. The summed E-state index contributed by atoms with van der Waals surface area (Å²) in [4.78, 5) is 17.7. The van der Waals surface area contributed by atoms with Gasteiger partial charge in [-0.1, -0.05) is 20.8 Å². The molecule has 4 nitrogen and oxygen atoms in total. The van der Waals surface area contributed by atoms with Crippen molar-refractivity contribution >= 4 is 27.8 Å². The summed E-state index contributed by atoms with van der Waals surface area (Å²) in [6.07, 6.45) is 1.21. The molecule has 1 saturated heterocycles. The number of hydrogen-bond donors (Lipinski definition) is 1. The van der Waals surface area contributed by atoms with Crippen LogP contribution in [0.15, 0.2) is 6.07 Å². The Morgan fingerprint density at radius 1 is 1.35 bits per heavy atom. The van der Waals surface area contributed by atoms with Crippen molar-refractivity contribution in [2.45, 2.75) is 27.2 Å². The van der Waals surface area contributed by atoms with Gasteiger partial charge in [0.25, 0.3) is 0 Å². The maximum atomic E-state index is 12.1. The molecular formula is C15H25N3OS. The molecule has 0 bridgehead atoms. The van der Waals surface area contributed by atoms with Crippen LogP contribution in [-0.4, -0.2) is 43.4 Å². The zero-order valence-electron chi connectivity index (χ0n) is 12.7. The SMILES string of the molecule is CCCN1CCN(c2cc(N)c(C(=O)C(C)C)s2)CC1. The van der Waals surface area contributed by atoms with E-state index in [1.165, 1.54) is 13.0 Å². The normalized spacial score (nSPS) is 16.9. The molecule has 1 aliphatic heterocycles. The number of thiophene rings is 1.